The molecule has 0 unspecified atom stereocenters. The Bertz CT molecular complexity index is 482. The monoisotopic (exact) mass is 252 g/mol. The maximum absolute atomic E-state index is 11.2. The van der Waals surface area contributed by atoms with Gasteiger partial charge >= 0.3 is 0 Å². The van der Waals surface area contributed by atoms with Gasteiger partial charge in [-0.1, -0.05) is 11.6 Å². The van der Waals surface area contributed by atoms with Gasteiger partial charge in [-0.2, -0.15) is 0 Å². The molecule has 0 radical (unpaired) electrons. The molecule has 0 spiro atoms. The van der Waals surface area contributed by atoms with Crippen molar-refractivity contribution in [1.82, 2.24) is 0 Å². The zero-order chi connectivity index (χ0) is 10.3. The molecule has 0 aliphatic carbocycles. The Hall–Kier alpha value is -0.450. The molecule has 0 saturated carbocycles. The molecule has 0 N–H and O–H groups in total. The van der Waals surface area contributed by atoms with Crippen molar-refractivity contribution >= 4 is 31.3 Å². The first kappa shape index (κ1) is 10.1. The number of halogens is 2. The van der Waals surface area contributed by atoms with E-state index in [2.05, 4.69) is 0 Å². The van der Waals surface area contributed by atoms with Gasteiger partial charge in [0.25, 0.3) is 9.05 Å². The van der Waals surface area contributed by atoms with Crippen LogP contribution in [0.4, 0.5) is 0 Å². The first-order valence-electron chi connectivity index (χ1n) is 3.88. The van der Waals surface area contributed by atoms with Gasteiger partial charge < -0.3 is 4.74 Å². The third kappa shape index (κ3) is 1.69. The van der Waals surface area contributed by atoms with E-state index < -0.39 is 9.05 Å². The SMILES string of the molecule is O=S(=O)(Cl)c1cc(Cl)cc2c1OCC2. The quantitative estimate of drug-likeness (QED) is 0.720. The van der Waals surface area contributed by atoms with Crippen molar-refractivity contribution in [1.29, 1.82) is 0 Å². The van der Waals surface area contributed by atoms with E-state index in [1.165, 1.54) is 6.07 Å². The van der Waals surface area contributed by atoms with E-state index in [9.17, 15) is 8.42 Å². The fourth-order valence-electron chi connectivity index (χ4n) is 1.42. The third-order valence-corrected chi connectivity index (χ3v) is 3.52. The highest BCUT2D eigenvalue weighted by molar-refractivity contribution is 8.13. The molecule has 1 heterocycles. The molecule has 1 aliphatic rings. The standard InChI is InChI=1S/C8H6Cl2O3S/c9-6-3-5-1-2-13-8(5)7(4-6)14(10,11)12/h3-4H,1-2H2. The largest absolute Gasteiger partial charge is 0.492 e. The van der Waals surface area contributed by atoms with Crippen LogP contribution in [0.25, 0.3) is 0 Å². The summed E-state index contributed by atoms with van der Waals surface area (Å²) in [7, 11) is 1.46. The van der Waals surface area contributed by atoms with E-state index in [-0.39, 0.29) is 4.90 Å². The first-order valence-corrected chi connectivity index (χ1v) is 6.57. The number of hydrogen-bond acceptors (Lipinski definition) is 3. The summed E-state index contributed by atoms with van der Waals surface area (Å²) in [5, 5.41) is 0.355. The summed E-state index contributed by atoms with van der Waals surface area (Å²) >= 11 is 5.76. The molecule has 0 aromatic heterocycles. The average Bonchev–Trinajstić information content (AvgIpc) is 2.47. The van der Waals surface area contributed by atoms with Gasteiger partial charge in [0.15, 0.2) is 0 Å². The summed E-state index contributed by atoms with van der Waals surface area (Å²) in [6, 6.07) is 2.99. The van der Waals surface area contributed by atoms with Crippen molar-refractivity contribution in [3.8, 4) is 5.75 Å². The van der Waals surface area contributed by atoms with E-state index in [0.29, 0.717) is 23.8 Å². The Balaban J connectivity index is 2.72. The van der Waals surface area contributed by atoms with E-state index in [0.717, 1.165) is 5.56 Å². The summed E-state index contributed by atoms with van der Waals surface area (Å²) in [4.78, 5) is -0.0424. The third-order valence-electron chi connectivity index (χ3n) is 1.98. The summed E-state index contributed by atoms with van der Waals surface area (Å²) in [5.74, 6) is 0.337. The fraction of sp³-hybridized carbons (Fsp3) is 0.250. The van der Waals surface area contributed by atoms with Gasteiger partial charge in [-0.3, -0.25) is 0 Å². The summed E-state index contributed by atoms with van der Waals surface area (Å²) < 4.78 is 27.5. The molecule has 0 saturated heterocycles. The lowest BCUT2D eigenvalue weighted by Gasteiger charge is -2.04. The van der Waals surface area contributed by atoms with Crippen LogP contribution in [0, 0.1) is 0 Å². The number of rotatable bonds is 1. The molecule has 3 nitrogen and oxygen atoms in total. The van der Waals surface area contributed by atoms with Crippen molar-refractivity contribution in [3.63, 3.8) is 0 Å². The van der Waals surface area contributed by atoms with Crippen molar-refractivity contribution in [2.24, 2.45) is 0 Å². The molecule has 0 bridgehead atoms. The summed E-state index contributed by atoms with van der Waals surface area (Å²) in [6.45, 7) is 0.467. The number of benzene rings is 1. The lowest BCUT2D eigenvalue weighted by Crippen LogP contribution is -1.95. The molecule has 0 atom stereocenters. The molecule has 1 aromatic rings. The second-order valence-electron chi connectivity index (χ2n) is 2.93. The van der Waals surface area contributed by atoms with Crippen LogP contribution in [0.2, 0.25) is 5.02 Å². The second kappa shape index (κ2) is 3.29. The lowest BCUT2D eigenvalue weighted by atomic mass is 10.2. The molecule has 6 heteroatoms. The molecule has 14 heavy (non-hydrogen) atoms. The van der Waals surface area contributed by atoms with Crippen LogP contribution < -0.4 is 4.74 Å². The Morgan fingerprint density at radius 2 is 2.07 bits per heavy atom. The van der Waals surface area contributed by atoms with E-state index in [1.54, 1.807) is 6.07 Å². The zero-order valence-electron chi connectivity index (χ0n) is 6.96. The smallest absolute Gasteiger partial charge is 0.265 e. The van der Waals surface area contributed by atoms with E-state index in [4.69, 9.17) is 27.0 Å². The predicted octanol–water partition coefficient (Wildman–Crippen LogP) is 2.20. The van der Waals surface area contributed by atoms with Gasteiger partial charge in [-0.25, -0.2) is 8.42 Å². The van der Waals surface area contributed by atoms with Crippen LogP contribution in [-0.2, 0) is 15.5 Å². The minimum atomic E-state index is -3.79. The normalized spacial score (nSPS) is 15.0. The predicted molar refractivity (Wildman–Crippen MR) is 53.7 cm³/mol. The van der Waals surface area contributed by atoms with E-state index >= 15 is 0 Å². The second-order valence-corrected chi connectivity index (χ2v) is 5.90. The van der Waals surface area contributed by atoms with Gasteiger partial charge in [-0.15, -0.1) is 0 Å². The average molecular weight is 253 g/mol. The minimum Gasteiger partial charge on any atom is -0.492 e. The minimum absolute atomic E-state index is 0.0424. The van der Waals surface area contributed by atoms with Gasteiger partial charge in [0.1, 0.15) is 10.6 Å². The number of fused-ring (bicyclic) bond motifs is 1. The van der Waals surface area contributed by atoms with Crippen LogP contribution in [0.1, 0.15) is 5.56 Å². The molecular weight excluding hydrogens is 247 g/mol. The van der Waals surface area contributed by atoms with Gasteiger partial charge in [0.05, 0.1) is 6.61 Å². The first-order chi connectivity index (χ1) is 6.48. The maximum atomic E-state index is 11.2. The van der Waals surface area contributed by atoms with Crippen LogP contribution in [-0.4, -0.2) is 15.0 Å². The lowest BCUT2D eigenvalue weighted by molar-refractivity contribution is 0.349. The fourth-order valence-corrected chi connectivity index (χ4v) is 2.74. The van der Waals surface area contributed by atoms with Crippen molar-refractivity contribution in [3.05, 3.63) is 22.7 Å². The molecule has 2 rings (SSSR count). The molecule has 0 fully saturated rings. The van der Waals surface area contributed by atoms with Crippen LogP contribution in [0.5, 0.6) is 5.75 Å². The maximum Gasteiger partial charge on any atom is 0.265 e. The molecule has 1 aliphatic heterocycles. The van der Waals surface area contributed by atoms with Gasteiger partial charge in [0.2, 0.25) is 0 Å². The van der Waals surface area contributed by atoms with Crippen molar-refractivity contribution < 1.29 is 13.2 Å². The van der Waals surface area contributed by atoms with E-state index in [1.807, 2.05) is 0 Å². The van der Waals surface area contributed by atoms with Gasteiger partial charge in [-0.05, 0) is 12.1 Å². The van der Waals surface area contributed by atoms with Crippen LogP contribution >= 0.6 is 22.3 Å². The summed E-state index contributed by atoms with van der Waals surface area (Å²) in [5.41, 5.74) is 0.789. The highest BCUT2D eigenvalue weighted by atomic mass is 35.7. The van der Waals surface area contributed by atoms with Crippen molar-refractivity contribution in [2.45, 2.75) is 11.3 Å². The Kier molecular flexibility index (Phi) is 2.37. The zero-order valence-corrected chi connectivity index (χ0v) is 9.29. The topological polar surface area (TPSA) is 43.4 Å². The van der Waals surface area contributed by atoms with Gasteiger partial charge in [0, 0.05) is 27.7 Å². The highest BCUT2D eigenvalue weighted by Gasteiger charge is 2.24. The Morgan fingerprint density at radius 3 is 2.71 bits per heavy atom. The molecular formula is C8H6Cl2O3S. The number of hydrogen-bond donors (Lipinski definition) is 0. The number of ether oxygens (including phenoxy) is 1. The summed E-state index contributed by atoms with van der Waals surface area (Å²) in [6.07, 6.45) is 0.662. The van der Waals surface area contributed by atoms with Crippen molar-refractivity contribution in [2.75, 3.05) is 6.61 Å². The molecule has 76 valence electrons. The Morgan fingerprint density at radius 1 is 1.36 bits per heavy atom. The molecule has 0 amide bonds. The Labute approximate surface area is 91.0 Å². The van der Waals surface area contributed by atoms with Crippen LogP contribution in [0.3, 0.4) is 0 Å². The highest BCUT2D eigenvalue weighted by Crippen LogP contribution is 2.37. The molecule has 1 aromatic carbocycles. The van der Waals surface area contributed by atoms with Crippen LogP contribution in [0.15, 0.2) is 17.0 Å².